The van der Waals surface area contributed by atoms with Gasteiger partial charge in [-0.1, -0.05) is 36.6 Å². The molecule has 0 radical (unpaired) electrons. The molecule has 3 aromatic rings. The van der Waals surface area contributed by atoms with Gasteiger partial charge in [0.1, 0.15) is 6.54 Å². The third-order valence-corrected chi connectivity index (χ3v) is 5.23. The molecule has 0 spiro atoms. The number of nitrogens with one attached hydrogen (secondary N) is 2. The molecule has 0 bridgehead atoms. The van der Waals surface area contributed by atoms with Gasteiger partial charge in [-0.15, -0.1) is 10.2 Å². The average molecular weight is 425 g/mol. The van der Waals surface area contributed by atoms with Crippen LogP contribution in [0, 0.1) is 0 Å². The summed E-state index contributed by atoms with van der Waals surface area (Å²) in [6.07, 6.45) is 4.33. The highest BCUT2D eigenvalue weighted by Gasteiger charge is 2.19. The van der Waals surface area contributed by atoms with Gasteiger partial charge in [0, 0.05) is 22.2 Å². The van der Waals surface area contributed by atoms with Crippen LogP contribution in [0.5, 0.6) is 0 Å². The molecule has 2 N–H and O–H groups in total. The Morgan fingerprint density at radius 3 is 2.57 bits per heavy atom. The van der Waals surface area contributed by atoms with Crippen LogP contribution in [-0.4, -0.2) is 38.1 Å². The summed E-state index contributed by atoms with van der Waals surface area (Å²) in [6, 6.07) is 14.0. The Hall–Kier alpha value is -3.26. The zero-order chi connectivity index (χ0) is 20.9. The molecular weight excluding hydrogens is 404 g/mol. The summed E-state index contributed by atoms with van der Waals surface area (Å²) in [7, 11) is 0. The SMILES string of the molecule is O=C(Cn1nnc(-c2ccccc2NC(=O)c2ccc(Cl)cc2)n1)NC1CCCC1. The van der Waals surface area contributed by atoms with Gasteiger partial charge in [0.05, 0.1) is 5.69 Å². The number of halogens is 1. The zero-order valence-corrected chi connectivity index (χ0v) is 17.0. The van der Waals surface area contributed by atoms with Crippen molar-refractivity contribution in [1.82, 2.24) is 25.5 Å². The van der Waals surface area contributed by atoms with Gasteiger partial charge in [-0.25, -0.2) is 0 Å². The van der Waals surface area contributed by atoms with Crippen LogP contribution in [0.2, 0.25) is 5.02 Å². The Kier molecular flexibility index (Phi) is 6.04. The lowest BCUT2D eigenvalue weighted by molar-refractivity contribution is -0.122. The van der Waals surface area contributed by atoms with Crippen molar-refractivity contribution in [3.63, 3.8) is 0 Å². The first-order valence-corrected chi connectivity index (χ1v) is 10.2. The highest BCUT2D eigenvalue weighted by atomic mass is 35.5. The maximum absolute atomic E-state index is 12.6. The van der Waals surface area contributed by atoms with Crippen molar-refractivity contribution in [1.29, 1.82) is 0 Å². The summed E-state index contributed by atoms with van der Waals surface area (Å²) in [5.41, 5.74) is 1.64. The second kappa shape index (κ2) is 9.04. The predicted octanol–water partition coefficient (Wildman–Crippen LogP) is 3.30. The summed E-state index contributed by atoms with van der Waals surface area (Å²) < 4.78 is 0. The number of anilines is 1. The van der Waals surface area contributed by atoms with Crippen LogP contribution >= 0.6 is 11.6 Å². The molecule has 1 aliphatic carbocycles. The highest BCUT2D eigenvalue weighted by Crippen LogP contribution is 2.25. The van der Waals surface area contributed by atoms with Gasteiger partial charge in [0.15, 0.2) is 0 Å². The standard InChI is InChI=1S/C21H21ClN6O2/c22-15-11-9-14(10-12-15)21(30)24-18-8-4-3-7-17(18)20-25-27-28(26-20)13-19(29)23-16-5-1-2-6-16/h3-4,7-12,16H,1-2,5-6,13H2,(H,23,29)(H,24,30). The predicted molar refractivity (Wildman–Crippen MR) is 113 cm³/mol. The Balaban J connectivity index is 1.46. The van der Waals surface area contributed by atoms with E-state index in [9.17, 15) is 9.59 Å². The molecule has 1 aliphatic rings. The van der Waals surface area contributed by atoms with E-state index in [2.05, 4.69) is 26.0 Å². The van der Waals surface area contributed by atoms with Crippen LogP contribution in [0.25, 0.3) is 11.4 Å². The van der Waals surface area contributed by atoms with Crippen molar-refractivity contribution in [3.05, 3.63) is 59.1 Å². The first kappa shape index (κ1) is 20.0. The molecule has 1 saturated carbocycles. The minimum absolute atomic E-state index is 0.00278. The van der Waals surface area contributed by atoms with E-state index >= 15 is 0 Å². The number of nitrogens with zero attached hydrogens (tertiary/aromatic N) is 4. The van der Waals surface area contributed by atoms with Gasteiger partial charge in [-0.05, 0) is 54.5 Å². The number of tetrazole rings is 1. The molecule has 1 fully saturated rings. The lowest BCUT2D eigenvalue weighted by Crippen LogP contribution is -2.35. The Bertz CT molecular complexity index is 1040. The zero-order valence-electron chi connectivity index (χ0n) is 16.2. The van der Waals surface area contributed by atoms with E-state index in [4.69, 9.17) is 11.6 Å². The fourth-order valence-corrected chi connectivity index (χ4v) is 3.60. The topological polar surface area (TPSA) is 102 Å². The Morgan fingerprint density at radius 2 is 1.80 bits per heavy atom. The molecule has 0 unspecified atom stereocenters. The summed E-state index contributed by atoms with van der Waals surface area (Å²) in [4.78, 5) is 26.0. The largest absolute Gasteiger partial charge is 0.352 e. The smallest absolute Gasteiger partial charge is 0.255 e. The van der Waals surface area contributed by atoms with E-state index in [0.29, 0.717) is 27.7 Å². The fraction of sp³-hybridized carbons (Fsp3) is 0.286. The number of carbonyl (C=O) groups excluding carboxylic acids is 2. The van der Waals surface area contributed by atoms with Crippen LogP contribution in [0.3, 0.4) is 0 Å². The van der Waals surface area contributed by atoms with Crippen LogP contribution in [-0.2, 0) is 11.3 Å². The number of amides is 2. The summed E-state index contributed by atoms with van der Waals surface area (Å²) in [5.74, 6) is -0.0756. The van der Waals surface area contributed by atoms with Crippen molar-refractivity contribution in [2.75, 3.05) is 5.32 Å². The minimum atomic E-state index is -0.276. The van der Waals surface area contributed by atoms with Gasteiger partial charge in [-0.2, -0.15) is 4.80 Å². The maximum atomic E-state index is 12.6. The molecule has 8 nitrogen and oxygen atoms in total. The maximum Gasteiger partial charge on any atom is 0.255 e. The third-order valence-electron chi connectivity index (χ3n) is 4.98. The van der Waals surface area contributed by atoms with Crippen LogP contribution in [0.1, 0.15) is 36.0 Å². The van der Waals surface area contributed by atoms with E-state index < -0.39 is 0 Å². The molecule has 1 aromatic heterocycles. The first-order valence-electron chi connectivity index (χ1n) is 9.82. The number of benzene rings is 2. The van der Waals surface area contributed by atoms with Gasteiger partial charge >= 0.3 is 0 Å². The average Bonchev–Trinajstić information content (AvgIpc) is 3.41. The summed E-state index contributed by atoms with van der Waals surface area (Å²) >= 11 is 5.88. The van der Waals surface area contributed by atoms with Crippen molar-refractivity contribution in [2.45, 2.75) is 38.3 Å². The van der Waals surface area contributed by atoms with Crippen molar-refractivity contribution in [2.24, 2.45) is 0 Å². The molecule has 2 amide bonds. The van der Waals surface area contributed by atoms with Crippen LogP contribution < -0.4 is 10.6 Å². The Morgan fingerprint density at radius 1 is 1.07 bits per heavy atom. The fourth-order valence-electron chi connectivity index (χ4n) is 3.47. The lowest BCUT2D eigenvalue weighted by Gasteiger charge is -2.10. The first-order chi connectivity index (χ1) is 14.6. The van der Waals surface area contributed by atoms with Gasteiger partial charge < -0.3 is 10.6 Å². The molecule has 0 atom stereocenters. The molecule has 9 heteroatoms. The highest BCUT2D eigenvalue weighted by molar-refractivity contribution is 6.30. The molecule has 0 saturated heterocycles. The monoisotopic (exact) mass is 424 g/mol. The minimum Gasteiger partial charge on any atom is -0.352 e. The Labute approximate surface area is 178 Å². The van der Waals surface area contributed by atoms with Gasteiger partial charge in [0.25, 0.3) is 5.91 Å². The third kappa shape index (κ3) is 4.83. The number of para-hydroxylation sites is 1. The van der Waals surface area contributed by atoms with Gasteiger partial charge in [0.2, 0.25) is 11.7 Å². The molecule has 2 aromatic carbocycles. The van der Waals surface area contributed by atoms with Crippen molar-refractivity contribution >= 4 is 29.1 Å². The molecule has 4 rings (SSSR count). The molecule has 1 heterocycles. The van der Waals surface area contributed by atoms with E-state index in [0.717, 1.165) is 25.7 Å². The van der Waals surface area contributed by atoms with Crippen LogP contribution in [0.15, 0.2) is 48.5 Å². The van der Waals surface area contributed by atoms with Crippen molar-refractivity contribution < 1.29 is 9.59 Å². The molecule has 154 valence electrons. The molecule has 0 aliphatic heterocycles. The van der Waals surface area contributed by atoms with E-state index in [1.54, 1.807) is 42.5 Å². The quantitative estimate of drug-likeness (QED) is 0.632. The second-order valence-electron chi connectivity index (χ2n) is 7.20. The van der Waals surface area contributed by atoms with Crippen molar-refractivity contribution in [3.8, 4) is 11.4 Å². The summed E-state index contributed by atoms with van der Waals surface area (Å²) in [6.45, 7) is 0.00278. The van der Waals surface area contributed by atoms with E-state index in [-0.39, 0.29) is 24.4 Å². The lowest BCUT2D eigenvalue weighted by atomic mass is 10.1. The number of aromatic nitrogens is 4. The van der Waals surface area contributed by atoms with Crippen LogP contribution in [0.4, 0.5) is 5.69 Å². The number of rotatable bonds is 6. The number of hydrogen-bond donors (Lipinski definition) is 2. The van der Waals surface area contributed by atoms with Gasteiger partial charge in [-0.3, -0.25) is 9.59 Å². The summed E-state index contributed by atoms with van der Waals surface area (Å²) in [5, 5.41) is 18.8. The number of carbonyl (C=O) groups is 2. The van der Waals surface area contributed by atoms with E-state index in [1.807, 2.05) is 6.07 Å². The number of hydrogen-bond acceptors (Lipinski definition) is 5. The van der Waals surface area contributed by atoms with E-state index in [1.165, 1.54) is 4.80 Å². The second-order valence-corrected chi connectivity index (χ2v) is 7.64. The molecular formula is C21H21ClN6O2. The molecule has 30 heavy (non-hydrogen) atoms. The normalized spacial score (nSPS) is 13.9.